The first-order valence-electron chi connectivity index (χ1n) is 10.4. The summed E-state index contributed by atoms with van der Waals surface area (Å²) < 4.78 is 38.1. The van der Waals surface area contributed by atoms with E-state index in [0.29, 0.717) is 19.8 Å². The molecule has 29 heavy (non-hydrogen) atoms. The zero-order valence-electron chi connectivity index (χ0n) is 16.6. The normalized spacial score (nSPS) is 21.6. The van der Waals surface area contributed by atoms with Crippen molar-refractivity contribution in [3.63, 3.8) is 0 Å². The Morgan fingerprint density at radius 2 is 1.41 bits per heavy atom. The topological polar surface area (TPSA) is 24.9 Å². The molecule has 2 fully saturated rings. The largest absolute Gasteiger partial charge is 0.376 e. The summed E-state index contributed by atoms with van der Waals surface area (Å²) in [5.74, 6) is -0.490. The summed E-state index contributed by atoms with van der Waals surface area (Å²) in [6.07, 6.45) is 1.19. The lowest BCUT2D eigenvalue weighted by molar-refractivity contribution is -0.0933. The Labute approximate surface area is 171 Å². The van der Waals surface area contributed by atoms with Crippen LogP contribution in [0.2, 0.25) is 0 Å². The number of benzene rings is 2. The van der Waals surface area contributed by atoms with Crippen LogP contribution in [0.3, 0.4) is 0 Å². The highest BCUT2D eigenvalue weighted by atomic mass is 19.1. The number of hydrogen-bond donors (Lipinski definition) is 0. The summed E-state index contributed by atoms with van der Waals surface area (Å²) in [5.41, 5.74) is 2.05. The Hall–Kier alpha value is -1.86. The van der Waals surface area contributed by atoms with Crippen molar-refractivity contribution < 1.29 is 18.3 Å². The second-order valence-corrected chi connectivity index (χ2v) is 7.74. The van der Waals surface area contributed by atoms with Crippen molar-refractivity contribution in [2.75, 3.05) is 52.5 Å². The minimum absolute atomic E-state index is 0.00609. The Balaban J connectivity index is 1.40. The molecule has 0 saturated carbocycles. The number of hydrogen-bond acceptors (Lipinski definition) is 4. The van der Waals surface area contributed by atoms with Gasteiger partial charge in [-0.2, -0.15) is 0 Å². The lowest BCUT2D eigenvalue weighted by Crippen LogP contribution is -2.48. The van der Waals surface area contributed by atoms with E-state index in [-0.39, 0.29) is 23.8 Å². The molecule has 0 aromatic heterocycles. The van der Waals surface area contributed by atoms with Crippen LogP contribution in [-0.2, 0) is 9.47 Å². The minimum Gasteiger partial charge on any atom is -0.376 e. The Morgan fingerprint density at radius 3 is 1.93 bits per heavy atom. The fourth-order valence-electron chi connectivity index (χ4n) is 4.18. The van der Waals surface area contributed by atoms with Gasteiger partial charge in [0.25, 0.3) is 0 Å². The highest BCUT2D eigenvalue weighted by Gasteiger charge is 2.27. The molecule has 0 spiro atoms. The quantitative estimate of drug-likeness (QED) is 0.739. The van der Waals surface area contributed by atoms with Gasteiger partial charge in [-0.15, -0.1) is 0 Å². The van der Waals surface area contributed by atoms with E-state index in [0.717, 1.165) is 50.3 Å². The molecule has 0 amide bonds. The second kappa shape index (κ2) is 9.76. The van der Waals surface area contributed by atoms with E-state index in [1.54, 1.807) is 0 Å². The average molecular weight is 402 g/mol. The molecular weight excluding hydrogens is 374 g/mol. The first kappa shape index (κ1) is 20.4. The molecule has 156 valence electrons. The lowest BCUT2D eigenvalue weighted by atomic mass is 9.96. The molecule has 6 heteroatoms. The zero-order valence-corrected chi connectivity index (χ0v) is 16.6. The van der Waals surface area contributed by atoms with Crippen molar-refractivity contribution in [2.45, 2.75) is 18.6 Å². The number of piperazine rings is 1. The van der Waals surface area contributed by atoms with Gasteiger partial charge < -0.3 is 14.4 Å². The van der Waals surface area contributed by atoms with Gasteiger partial charge in [0, 0.05) is 32.7 Å². The van der Waals surface area contributed by atoms with Gasteiger partial charge in [-0.05, 0) is 41.8 Å². The third-order valence-corrected chi connectivity index (χ3v) is 5.80. The van der Waals surface area contributed by atoms with Crippen molar-refractivity contribution in [1.82, 2.24) is 9.80 Å². The van der Waals surface area contributed by atoms with Crippen LogP contribution in [-0.4, -0.2) is 68.4 Å². The summed E-state index contributed by atoms with van der Waals surface area (Å²) in [7, 11) is 0. The van der Waals surface area contributed by atoms with Crippen LogP contribution < -0.4 is 0 Å². The van der Waals surface area contributed by atoms with E-state index >= 15 is 0 Å². The predicted molar refractivity (Wildman–Crippen MR) is 108 cm³/mol. The van der Waals surface area contributed by atoms with Crippen molar-refractivity contribution in [3.05, 3.63) is 71.3 Å². The van der Waals surface area contributed by atoms with Crippen LogP contribution in [0.1, 0.15) is 23.6 Å². The lowest BCUT2D eigenvalue weighted by Gasteiger charge is -2.40. The summed E-state index contributed by atoms with van der Waals surface area (Å²) in [6.45, 7) is 6.82. The maximum Gasteiger partial charge on any atom is 0.123 e. The van der Waals surface area contributed by atoms with Crippen LogP contribution in [0.25, 0.3) is 0 Å². The molecule has 0 radical (unpaired) electrons. The van der Waals surface area contributed by atoms with E-state index < -0.39 is 0 Å². The van der Waals surface area contributed by atoms with E-state index in [1.807, 2.05) is 24.3 Å². The first-order valence-corrected chi connectivity index (χ1v) is 10.4. The van der Waals surface area contributed by atoms with Crippen molar-refractivity contribution in [2.24, 2.45) is 0 Å². The number of rotatable bonds is 6. The molecule has 4 rings (SSSR count). The maximum atomic E-state index is 13.4. The molecule has 1 atom stereocenters. The number of ether oxygens (including phenoxy) is 2. The molecular formula is C23H28F2N2O2. The summed E-state index contributed by atoms with van der Waals surface area (Å²) in [4.78, 5) is 4.86. The van der Waals surface area contributed by atoms with Crippen LogP contribution in [0.5, 0.6) is 0 Å². The van der Waals surface area contributed by atoms with Crippen LogP contribution >= 0.6 is 0 Å². The SMILES string of the molecule is Fc1ccc(C(c2ccc(F)cc2)N2CCN(CCC3COCCO3)CC2)cc1. The van der Waals surface area contributed by atoms with Gasteiger partial charge in [-0.3, -0.25) is 4.90 Å². The van der Waals surface area contributed by atoms with Crippen LogP contribution in [0.4, 0.5) is 8.78 Å². The fraction of sp³-hybridized carbons (Fsp3) is 0.478. The highest BCUT2D eigenvalue weighted by molar-refractivity contribution is 5.32. The van der Waals surface area contributed by atoms with E-state index in [1.165, 1.54) is 24.3 Å². The highest BCUT2D eigenvalue weighted by Crippen LogP contribution is 2.30. The second-order valence-electron chi connectivity index (χ2n) is 7.74. The van der Waals surface area contributed by atoms with Gasteiger partial charge >= 0.3 is 0 Å². The predicted octanol–water partition coefficient (Wildman–Crippen LogP) is 3.48. The molecule has 1 unspecified atom stereocenters. The molecule has 2 saturated heterocycles. The maximum absolute atomic E-state index is 13.4. The summed E-state index contributed by atoms with van der Waals surface area (Å²) in [6, 6.07) is 13.3. The Bertz CT molecular complexity index is 710. The van der Waals surface area contributed by atoms with Crippen LogP contribution in [0, 0.1) is 11.6 Å². The standard InChI is InChI=1S/C23H28F2N2O2/c24-20-5-1-18(2-6-20)23(19-3-7-21(25)8-4-19)27-13-11-26(12-14-27)10-9-22-17-28-15-16-29-22/h1-8,22-23H,9-17H2. The first-order chi connectivity index (χ1) is 14.2. The summed E-state index contributed by atoms with van der Waals surface area (Å²) >= 11 is 0. The van der Waals surface area contributed by atoms with Crippen molar-refractivity contribution >= 4 is 0 Å². The molecule has 2 aliphatic heterocycles. The van der Waals surface area contributed by atoms with Crippen LogP contribution in [0.15, 0.2) is 48.5 Å². The zero-order chi connectivity index (χ0) is 20.1. The number of halogens is 2. The van der Waals surface area contributed by atoms with Gasteiger partial charge in [0.15, 0.2) is 0 Å². The Kier molecular flexibility index (Phi) is 6.87. The number of nitrogens with zero attached hydrogens (tertiary/aromatic N) is 2. The minimum atomic E-state index is -0.245. The fourth-order valence-corrected chi connectivity index (χ4v) is 4.18. The van der Waals surface area contributed by atoms with Gasteiger partial charge in [0.05, 0.1) is 32.0 Å². The Morgan fingerprint density at radius 1 is 0.828 bits per heavy atom. The van der Waals surface area contributed by atoms with Gasteiger partial charge in [0.1, 0.15) is 11.6 Å². The van der Waals surface area contributed by atoms with E-state index in [9.17, 15) is 8.78 Å². The molecule has 0 bridgehead atoms. The molecule has 0 aliphatic carbocycles. The van der Waals surface area contributed by atoms with Gasteiger partial charge in [-0.1, -0.05) is 24.3 Å². The van der Waals surface area contributed by atoms with Gasteiger partial charge in [-0.25, -0.2) is 8.78 Å². The van der Waals surface area contributed by atoms with E-state index in [2.05, 4.69) is 9.80 Å². The van der Waals surface area contributed by atoms with Crippen molar-refractivity contribution in [3.8, 4) is 0 Å². The molecule has 0 N–H and O–H groups in total. The van der Waals surface area contributed by atoms with Gasteiger partial charge in [0.2, 0.25) is 0 Å². The molecule has 2 aromatic rings. The molecule has 2 heterocycles. The average Bonchev–Trinajstić information content (AvgIpc) is 2.77. The third kappa shape index (κ3) is 5.39. The molecule has 4 nitrogen and oxygen atoms in total. The summed E-state index contributed by atoms with van der Waals surface area (Å²) in [5, 5.41) is 0. The molecule has 2 aromatic carbocycles. The smallest absolute Gasteiger partial charge is 0.123 e. The molecule has 2 aliphatic rings. The third-order valence-electron chi connectivity index (χ3n) is 5.80. The monoisotopic (exact) mass is 402 g/mol. The van der Waals surface area contributed by atoms with Crippen molar-refractivity contribution in [1.29, 1.82) is 0 Å². The van der Waals surface area contributed by atoms with E-state index in [4.69, 9.17) is 9.47 Å².